The number of thioether (sulfide) groups is 1. The number of rotatable bonds is 7. The SMILES string of the molecule is CCNC(=O)CSc1nc(-c2ccccc2)c(NC(=O)C(C)C)s1. The normalized spacial score (nSPS) is 10.7. The maximum absolute atomic E-state index is 12.1. The molecule has 24 heavy (non-hydrogen) atoms. The van der Waals surface area contributed by atoms with Gasteiger partial charge in [0.2, 0.25) is 11.8 Å². The molecule has 0 aliphatic heterocycles. The number of carbonyl (C=O) groups excluding carboxylic acids is 2. The highest BCUT2D eigenvalue weighted by molar-refractivity contribution is 8.01. The average Bonchev–Trinajstić information content (AvgIpc) is 2.97. The zero-order valence-electron chi connectivity index (χ0n) is 14.0. The maximum atomic E-state index is 12.1. The smallest absolute Gasteiger partial charge is 0.230 e. The first kappa shape index (κ1) is 18.5. The summed E-state index contributed by atoms with van der Waals surface area (Å²) < 4.78 is 0.763. The molecule has 0 atom stereocenters. The van der Waals surface area contributed by atoms with Gasteiger partial charge in [-0.2, -0.15) is 0 Å². The summed E-state index contributed by atoms with van der Waals surface area (Å²) in [5.74, 6) is 0.137. The van der Waals surface area contributed by atoms with Crippen molar-refractivity contribution in [3.05, 3.63) is 30.3 Å². The highest BCUT2D eigenvalue weighted by atomic mass is 32.2. The van der Waals surface area contributed by atoms with Crippen molar-refractivity contribution in [2.24, 2.45) is 5.92 Å². The third-order valence-electron chi connectivity index (χ3n) is 3.12. The Bertz CT molecular complexity index is 699. The molecule has 2 rings (SSSR count). The largest absolute Gasteiger partial charge is 0.356 e. The quantitative estimate of drug-likeness (QED) is 0.737. The third-order valence-corrected chi connectivity index (χ3v) is 5.23. The lowest BCUT2D eigenvalue weighted by atomic mass is 10.1. The van der Waals surface area contributed by atoms with Gasteiger partial charge in [0, 0.05) is 18.0 Å². The van der Waals surface area contributed by atoms with Crippen molar-refractivity contribution in [3.8, 4) is 11.3 Å². The van der Waals surface area contributed by atoms with Gasteiger partial charge in [-0.1, -0.05) is 67.3 Å². The van der Waals surface area contributed by atoms with Gasteiger partial charge in [0.15, 0.2) is 4.34 Å². The number of amides is 2. The highest BCUT2D eigenvalue weighted by Crippen LogP contribution is 2.37. The number of nitrogens with zero attached hydrogens (tertiary/aromatic N) is 1. The van der Waals surface area contributed by atoms with Gasteiger partial charge in [-0.3, -0.25) is 9.59 Å². The standard InChI is InChI=1S/C17H21N3O2S2/c1-4-18-13(21)10-23-17-19-14(12-8-6-5-7-9-12)16(24-17)20-15(22)11(2)3/h5-9,11H,4,10H2,1-3H3,(H,18,21)(H,20,22). The molecule has 0 bridgehead atoms. The minimum Gasteiger partial charge on any atom is -0.356 e. The van der Waals surface area contributed by atoms with E-state index in [0.717, 1.165) is 20.6 Å². The van der Waals surface area contributed by atoms with Crippen molar-refractivity contribution in [1.82, 2.24) is 10.3 Å². The summed E-state index contributed by atoms with van der Waals surface area (Å²) in [6.45, 7) is 6.20. The lowest BCUT2D eigenvalue weighted by Gasteiger charge is -2.07. The molecule has 7 heteroatoms. The van der Waals surface area contributed by atoms with Gasteiger partial charge in [0.05, 0.1) is 5.75 Å². The van der Waals surface area contributed by atoms with Crippen molar-refractivity contribution in [2.75, 3.05) is 17.6 Å². The minimum atomic E-state index is -0.109. The summed E-state index contributed by atoms with van der Waals surface area (Å²) in [6, 6.07) is 9.72. The molecule has 1 aromatic heterocycles. The van der Waals surface area contributed by atoms with Crippen molar-refractivity contribution in [3.63, 3.8) is 0 Å². The van der Waals surface area contributed by atoms with Crippen LogP contribution in [0.5, 0.6) is 0 Å². The van der Waals surface area contributed by atoms with Crippen molar-refractivity contribution in [2.45, 2.75) is 25.1 Å². The second kappa shape index (κ2) is 8.84. The first-order chi connectivity index (χ1) is 11.5. The van der Waals surface area contributed by atoms with Crippen LogP contribution in [-0.2, 0) is 9.59 Å². The number of nitrogens with one attached hydrogen (secondary N) is 2. The van der Waals surface area contributed by atoms with Gasteiger partial charge in [-0.15, -0.1) is 0 Å². The molecule has 0 saturated heterocycles. The summed E-state index contributed by atoms with van der Waals surface area (Å²) in [5, 5.41) is 6.43. The molecule has 2 amide bonds. The fourth-order valence-electron chi connectivity index (χ4n) is 1.87. The van der Waals surface area contributed by atoms with Crippen LogP contribution >= 0.6 is 23.1 Å². The number of carbonyl (C=O) groups is 2. The molecule has 0 radical (unpaired) electrons. The van der Waals surface area contributed by atoms with Crippen LogP contribution in [0.2, 0.25) is 0 Å². The number of hydrogen-bond donors (Lipinski definition) is 2. The molecule has 5 nitrogen and oxygen atoms in total. The summed E-state index contributed by atoms with van der Waals surface area (Å²) >= 11 is 2.78. The van der Waals surface area contributed by atoms with Crippen LogP contribution in [0.1, 0.15) is 20.8 Å². The first-order valence-corrected chi connectivity index (χ1v) is 9.58. The Balaban J connectivity index is 2.23. The number of thiazole rings is 1. The molecule has 128 valence electrons. The summed E-state index contributed by atoms with van der Waals surface area (Å²) in [7, 11) is 0. The molecule has 0 fully saturated rings. The van der Waals surface area contributed by atoms with E-state index < -0.39 is 0 Å². The fraction of sp³-hybridized carbons (Fsp3) is 0.353. The number of benzene rings is 1. The van der Waals surface area contributed by atoms with Crippen LogP contribution in [0, 0.1) is 5.92 Å². The Morgan fingerprint density at radius 1 is 1.25 bits per heavy atom. The van der Waals surface area contributed by atoms with E-state index in [9.17, 15) is 9.59 Å². The van der Waals surface area contributed by atoms with Crippen LogP contribution in [0.15, 0.2) is 34.7 Å². The number of hydrogen-bond acceptors (Lipinski definition) is 5. The van der Waals surface area contributed by atoms with E-state index in [-0.39, 0.29) is 17.7 Å². The minimum absolute atomic E-state index is 0.0215. The molecule has 0 aliphatic carbocycles. The Morgan fingerprint density at radius 3 is 2.58 bits per heavy atom. The van der Waals surface area contributed by atoms with E-state index in [2.05, 4.69) is 15.6 Å². The van der Waals surface area contributed by atoms with Crippen LogP contribution in [-0.4, -0.2) is 29.1 Å². The molecule has 1 aromatic carbocycles. The van der Waals surface area contributed by atoms with Crippen molar-refractivity contribution < 1.29 is 9.59 Å². The second-order valence-corrected chi connectivity index (χ2v) is 7.63. The Hall–Kier alpha value is -1.86. The molecule has 2 N–H and O–H groups in total. The van der Waals surface area contributed by atoms with Crippen LogP contribution in [0.4, 0.5) is 5.00 Å². The molecule has 0 saturated carbocycles. The van der Waals surface area contributed by atoms with Gasteiger partial charge >= 0.3 is 0 Å². The summed E-state index contributed by atoms with van der Waals surface area (Å²) in [5.41, 5.74) is 1.69. The Kier molecular flexibility index (Phi) is 6.81. The molecule has 0 spiro atoms. The monoisotopic (exact) mass is 363 g/mol. The molecular formula is C17H21N3O2S2. The predicted octanol–water partition coefficient (Wildman–Crippen LogP) is 3.63. The fourth-order valence-corrected chi connectivity index (χ4v) is 3.77. The highest BCUT2D eigenvalue weighted by Gasteiger charge is 2.17. The van der Waals surface area contributed by atoms with E-state index in [1.165, 1.54) is 23.1 Å². The van der Waals surface area contributed by atoms with Gasteiger partial charge < -0.3 is 10.6 Å². The predicted molar refractivity (Wildman–Crippen MR) is 100 cm³/mol. The molecule has 0 aliphatic rings. The van der Waals surface area contributed by atoms with E-state index in [0.29, 0.717) is 12.3 Å². The number of anilines is 1. The van der Waals surface area contributed by atoms with Crippen LogP contribution in [0.25, 0.3) is 11.3 Å². The zero-order valence-corrected chi connectivity index (χ0v) is 15.6. The molecule has 0 unspecified atom stereocenters. The van der Waals surface area contributed by atoms with E-state index in [1.54, 1.807) is 0 Å². The average molecular weight is 364 g/mol. The molecule has 2 aromatic rings. The Labute approximate surface area is 150 Å². The zero-order chi connectivity index (χ0) is 17.5. The van der Waals surface area contributed by atoms with Crippen LogP contribution in [0.3, 0.4) is 0 Å². The van der Waals surface area contributed by atoms with Crippen molar-refractivity contribution >= 4 is 39.9 Å². The second-order valence-electron chi connectivity index (χ2n) is 5.41. The van der Waals surface area contributed by atoms with Gasteiger partial charge in [0.1, 0.15) is 10.7 Å². The molecular weight excluding hydrogens is 342 g/mol. The van der Waals surface area contributed by atoms with E-state index >= 15 is 0 Å². The van der Waals surface area contributed by atoms with E-state index in [4.69, 9.17) is 0 Å². The summed E-state index contributed by atoms with van der Waals surface area (Å²) in [4.78, 5) is 28.3. The summed E-state index contributed by atoms with van der Waals surface area (Å²) in [6.07, 6.45) is 0. The lowest BCUT2D eigenvalue weighted by molar-refractivity contribution is -0.119. The third kappa shape index (κ3) is 5.07. The maximum Gasteiger partial charge on any atom is 0.230 e. The Morgan fingerprint density at radius 2 is 1.96 bits per heavy atom. The lowest BCUT2D eigenvalue weighted by Crippen LogP contribution is -2.24. The van der Waals surface area contributed by atoms with E-state index in [1.807, 2.05) is 51.1 Å². The van der Waals surface area contributed by atoms with Crippen molar-refractivity contribution in [1.29, 1.82) is 0 Å². The van der Waals surface area contributed by atoms with Gasteiger partial charge in [0.25, 0.3) is 0 Å². The number of aromatic nitrogens is 1. The van der Waals surface area contributed by atoms with Gasteiger partial charge in [-0.25, -0.2) is 4.98 Å². The first-order valence-electron chi connectivity index (χ1n) is 7.77. The van der Waals surface area contributed by atoms with Crippen LogP contribution < -0.4 is 10.6 Å². The molecule has 1 heterocycles. The van der Waals surface area contributed by atoms with Gasteiger partial charge in [-0.05, 0) is 6.92 Å². The topological polar surface area (TPSA) is 71.1 Å².